The number of alkyl halides is 1. The van der Waals surface area contributed by atoms with Gasteiger partial charge in [-0.3, -0.25) is 4.90 Å². The molecule has 1 saturated heterocycles. The van der Waals surface area contributed by atoms with Crippen molar-refractivity contribution in [1.29, 1.82) is 0 Å². The van der Waals surface area contributed by atoms with Gasteiger partial charge in [-0.05, 0) is 26.3 Å². The normalized spacial score (nSPS) is 26.4. The molecule has 0 aromatic carbocycles. The fourth-order valence-electron chi connectivity index (χ4n) is 1.43. The zero-order valence-electron chi connectivity index (χ0n) is 6.35. The number of hydrogen-bond acceptors (Lipinski definition) is 1. The number of halogens is 2. The first-order valence-corrected chi connectivity index (χ1v) is 4.76. The first kappa shape index (κ1) is 10.9. The zero-order valence-corrected chi connectivity index (χ0v) is 9.65. The van der Waals surface area contributed by atoms with E-state index in [2.05, 4.69) is 27.8 Å². The lowest BCUT2D eigenvalue weighted by atomic mass is 10.2. The third-order valence-electron chi connectivity index (χ3n) is 2.06. The number of likely N-dealkylation sites (tertiary alicyclic amines) is 1. The van der Waals surface area contributed by atoms with Crippen LogP contribution in [0.25, 0.3) is 0 Å². The van der Waals surface area contributed by atoms with E-state index in [9.17, 15) is 0 Å². The molecular weight excluding hydrogens is 258 g/mol. The smallest absolute Gasteiger partial charge is 0.0159 e. The molecule has 1 rings (SSSR count). The molecule has 0 saturated carbocycles. The molecule has 0 radical (unpaired) electrons. The van der Waals surface area contributed by atoms with Gasteiger partial charge in [0, 0.05) is 17.9 Å². The highest BCUT2D eigenvalue weighted by Gasteiger charge is 2.18. The van der Waals surface area contributed by atoms with Gasteiger partial charge < -0.3 is 0 Å². The second-order valence-corrected chi connectivity index (χ2v) is 3.51. The van der Waals surface area contributed by atoms with E-state index in [-0.39, 0.29) is 17.0 Å². The number of nitrogens with zero attached hydrogens (tertiary/aromatic N) is 1. The molecule has 0 bridgehead atoms. The van der Waals surface area contributed by atoms with Crippen LogP contribution < -0.4 is 0 Å². The summed E-state index contributed by atoms with van der Waals surface area (Å²) in [7, 11) is 0. The molecule has 1 unspecified atom stereocenters. The first-order chi connectivity index (χ1) is 4.34. The Hall–Kier alpha value is 0.920. The van der Waals surface area contributed by atoms with Crippen molar-refractivity contribution in [3.63, 3.8) is 0 Å². The van der Waals surface area contributed by atoms with Gasteiger partial charge in [-0.25, -0.2) is 0 Å². The van der Waals surface area contributed by atoms with E-state index < -0.39 is 0 Å². The molecule has 0 spiro atoms. The van der Waals surface area contributed by atoms with Crippen molar-refractivity contribution in [3.05, 3.63) is 0 Å². The summed E-state index contributed by atoms with van der Waals surface area (Å²) in [6.07, 6.45) is 2.79. The molecule has 0 aromatic rings. The van der Waals surface area contributed by atoms with Gasteiger partial charge in [-0.1, -0.05) is 15.9 Å². The lowest BCUT2D eigenvalue weighted by Crippen LogP contribution is -2.28. The molecule has 1 heterocycles. The maximum absolute atomic E-state index is 3.45. The van der Waals surface area contributed by atoms with Crippen LogP contribution in [0.2, 0.25) is 0 Å². The maximum Gasteiger partial charge on any atom is 0.0159 e. The fourth-order valence-corrected chi connectivity index (χ4v) is 1.89. The van der Waals surface area contributed by atoms with Crippen molar-refractivity contribution in [2.24, 2.45) is 0 Å². The minimum Gasteiger partial charge on any atom is -0.300 e. The Morgan fingerprint density at radius 2 is 2.30 bits per heavy atom. The molecule has 1 aliphatic heterocycles. The lowest BCUT2D eigenvalue weighted by Gasteiger charge is -2.18. The molecule has 0 amide bonds. The van der Waals surface area contributed by atoms with Crippen molar-refractivity contribution >= 4 is 32.9 Å². The average molecular weight is 273 g/mol. The van der Waals surface area contributed by atoms with Crippen LogP contribution in [0, 0.1) is 0 Å². The third kappa shape index (κ3) is 2.89. The van der Waals surface area contributed by atoms with Crippen LogP contribution in [0.15, 0.2) is 0 Å². The monoisotopic (exact) mass is 271 g/mol. The fraction of sp³-hybridized carbons (Fsp3) is 1.00. The van der Waals surface area contributed by atoms with E-state index in [0.717, 1.165) is 11.4 Å². The quantitative estimate of drug-likeness (QED) is 0.698. The minimum atomic E-state index is 0. The maximum atomic E-state index is 3.45. The van der Waals surface area contributed by atoms with Gasteiger partial charge in [0.15, 0.2) is 0 Å². The molecule has 1 aliphatic rings. The molecule has 1 atom stereocenters. The topological polar surface area (TPSA) is 3.24 Å². The molecule has 1 fully saturated rings. The largest absolute Gasteiger partial charge is 0.300 e. The first-order valence-electron chi connectivity index (χ1n) is 3.64. The second-order valence-electron chi connectivity index (χ2n) is 2.72. The highest BCUT2D eigenvalue weighted by Crippen LogP contribution is 2.15. The highest BCUT2D eigenvalue weighted by molar-refractivity contribution is 9.09. The van der Waals surface area contributed by atoms with Crippen LogP contribution in [0.5, 0.6) is 0 Å². The molecule has 10 heavy (non-hydrogen) atoms. The minimum absolute atomic E-state index is 0. The lowest BCUT2D eigenvalue weighted by molar-refractivity contribution is 0.287. The Kier molecular flexibility index (Phi) is 6.07. The number of rotatable bonds is 2. The number of hydrogen-bond donors (Lipinski definition) is 0. The summed E-state index contributed by atoms with van der Waals surface area (Å²) in [5.41, 5.74) is 0. The van der Waals surface area contributed by atoms with Gasteiger partial charge in [-0.2, -0.15) is 0 Å². The van der Waals surface area contributed by atoms with Crippen LogP contribution in [-0.2, 0) is 0 Å². The van der Waals surface area contributed by atoms with E-state index >= 15 is 0 Å². The Labute approximate surface area is 82.1 Å². The van der Waals surface area contributed by atoms with Gasteiger partial charge in [-0.15, -0.1) is 17.0 Å². The summed E-state index contributed by atoms with van der Waals surface area (Å²) < 4.78 is 0. The molecular formula is C7H15Br2N. The van der Waals surface area contributed by atoms with Gasteiger partial charge in [0.1, 0.15) is 0 Å². The molecule has 0 aliphatic carbocycles. The Morgan fingerprint density at radius 3 is 2.70 bits per heavy atom. The highest BCUT2D eigenvalue weighted by atomic mass is 79.9. The predicted molar refractivity (Wildman–Crippen MR) is 54.4 cm³/mol. The van der Waals surface area contributed by atoms with Gasteiger partial charge in [0.25, 0.3) is 0 Å². The summed E-state index contributed by atoms with van der Waals surface area (Å²) in [5, 5.41) is 1.12. The van der Waals surface area contributed by atoms with Gasteiger partial charge in [0.05, 0.1) is 0 Å². The van der Waals surface area contributed by atoms with E-state index in [1.165, 1.54) is 25.9 Å². The van der Waals surface area contributed by atoms with Crippen LogP contribution >= 0.6 is 32.9 Å². The zero-order chi connectivity index (χ0) is 6.69. The van der Waals surface area contributed by atoms with Gasteiger partial charge in [0.2, 0.25) is 0 Å². The Bertz CT molecular complexity index is 87.7. The van der Waals surface area contributed by atoms with Crippen LogP contribution in [0.4, 0.5) is 0 Å². The Morgan fingerprint density at radius 1 is 1.60 bits per heavy atom. The van der Waals surface area contributed by atoms with E-state index in [0.29, 0.717) is 0 Å². The van der Waals surface area contributed by atoms with Gasteiger partial charge >= 0.3 is 0 Å². The summed E-state index contributed by atoms with van der Waals surface area (Å²) in [6, 6.07) is 0.836. The third-order valence-corrected chi connectivity index (χ3v) is 2.42. The molecule has 3 heteroatoms. The molecule has 0 N–H and O–H groups in total. The van der Waals surface area contributed by atoms with E-state index in [1.54, 1.807) is 0 Å². The summed E-state index contributed by atoms with van der Waals surface area (Å²) in [6.45, 7) is 4.85. The van der Waals surface area contributed by atoms with Crippen molar-refractivity contribution in [2.45, 2.75) is 25.8 Å². The second kappa shape index (κ2) is 5.56. The molecule has 1 nitrogen and oxygen atoms in total. The van der Waals surface area contributed by atoms with Crippen molar-refractivity contribution in [2.75, 3.05) is 18.4 Å². The molecule has 62 valence electrons. The van der Waals surface area contributed by atoms with Crippen LogP contribution in [0.3, 0.4) is 0 Å². The van der Waals surface area contributed by atoms with Crippen molar-refractivity contribution in [3.8, 4) is 0 Å². The Balaban J connectivity index is 0.000000810. The van der Waals surface area contributed by atoms with Crippen molar-refractivity contribution in [1.82, 2.24) is 4.90 Å². The van der Waals surface area contributed by atoms with Crippen LogP contribution in [-0.4, -0.2) is 29.4 Å². The average Bonchev–Trinajstić information content (AvgIpc) is 2.18. The SMILES string of the molecule is Br.CC1CCCN1CCBr. The molecule has 0 aromatic heterocycles. The standard InChI is InChI=1S/C7H14BrN.BrH/c1-7-3-2-5-9(7)6-4-8;/h7H,2-6H2,1H3;1H. The summed E-state index contributed by atoms with van der Waals surface area (Å²) in [4.78, 5) is 2.54. The summed E-state index contributed by atoms with van der Waals surface area (Å²) >= 11 is 3.45. The van der Waals surface area contributed by atoms with E-state index in [1.807, 2.05) is 0 Å². The summed E-state index contributed by atoms with van der Waals surface area (Å²) in [5.74, 6) is 0. The van der Waals surface area contributed by atoms with Crippen LogP contribution in [0.1, 0.15) is 19.8 Å². The van der Waals surface area contributed by atoms with E-state index in [4.69, 9.17) is 0 Å². The predicted octanol–water partition coefficient (Wildman–Crippen LogP) is 2.44. The van der Waals surface area contributed by atoms with Crippen molar-refractivity contribution < 1.29 is 0 Å².